The summed E-state index contributed by atoms with van der Waals surface area (Å²) in [5.74, 6) is 9.84. The Balaban J connectivity index is 1.29. The van der Waals surface area contributed by atoms with Crippen LogP contribution >= 0.6 is 0 Å². The standard InChI is InChI=1S/C36H56O2/c1-35(2,3)31-25-15-23-19-11-7-9-13-21(19)34(38)30(23)18-28(25)32(36(4,5)6)26-16-24-20-12-8-10-14-22(20)33(37)29(24)17-27(26)31/h19-32H,7-18H2,1-6H3. The molecule has 0 heterocycles. The molecular formula is C36H56O2. The van der Waals surface area contributed by atoms with Crippen LogP contribution in [0.2, 0.25) is 0 Å². The molecule has 14 unspecified atom stereocenters. The van der Waals surface area contributed by atoms with Crippen LogP contribution in [-0.4, -0.2) is 11.6 Å². The summed E-state index contributed by atoms with van der Waals surface area (Å²) in [5.41, 5.74) is 0.523. The van der Waals surface area contributed by atoms with Gasteiger partial charge in [-0.3, -0.25) is 9.59 Å². The lowest BCUT2D eigenvalue weighted by molar-refractivity contribution is -0.165. The van der Waals surface area contributed by atoms with Gasteiger partial charge < -0.3 is 0 Å². The molecule has 0 N–H and O–H groups in total. The zero-order chi connectivity index (χ0) is 26.7. The van der Waals surface area contributed by atoms with E-state index in [0.29, 0.717) is 82.6 Å². The van der Waals surface area contributed by atoms with Crippen LogP contribution in [0.4, 0.5) is 0 Å². The van der Waals surface area contributed by atoms with E-state index in [1.807, 2.05) is 0 Å². The lowest BCUT2D eigenvalue weighted by Gasteiger charge is -2.64. The molecule has 7 aliphatic rings. The number of carbonyl (C=O) groups excluding carboxylic acids is 2. The normalized spacial score (nSPS) is 52.4. The molecule has 7 aliphatic carbocycles. The molecule has 212 valence electrons. The van der Waals surface area contributed by atoms with Gasteiger partial charge in [-0.1, -0.05) is 67.2 Å². The van der Waals surface area contributed by atoms with Crippen LogP contribution in [0.1, 0.15) is 119 Å². The summed E-state index contributed by atoms with van der Waals surface area (Å²) in [5, 5.41) is 0. The number of fused-ring (bicyclic) bond motifs is 8. The van der Waals surface area contributed by atoms with Crippen molar-refractivity contribution in [2.75, 3.05) is 0 Å². The first-order valence-electron chi connectivity index (χ1n) is 17.0. The Morgan fingerprint density at radius 2 is 0.763 bits per heavy atom. The second-order valence-electron chi connectivity index (χ2n) is 17.8. The number of hydrogen-bond acceptors (Lipinski definition) is 2. The maximum atomic E-state index is 13.9. The second kappa shape index (κ2) is 8.92. The molecule has 7 fully saturated rings. The summed E-state index contributed by atoms with van der Waals surface area (Å²) in [4.78, 5) is 27.7. The van der Waals surface area contributed by atoms with E-state index in [0.717, 1.165) is 11.8 Å². The highest BCUT2D eigenvalue weighted by molar-refractivity contribution is 5.87. The molecule has 7 rings (SSSR count). The fraction of sp³-hybridized carbons (Fsp3) is 0.944. The summed E-state index contributed by atoms with van der Waals surface area (Å²) in [6.45, 7) is 15.2. The zero-order valence-electron chi connectivity index (χ0n) is 25.4. The Morgan fingerprint density at radius 3 is 1.13 bits per heavy atom. The average molecular weight is 521 g/mol. The van der Waals surface area contributed by atoms with Gasteiger partial charge in [-0.05, 0) is 121 Å². The first-order valence-corrected chi connectivity index (χ1v) is 17.0. The molecule has 2 nitrogen and oxygen atoms in total. The third-order valence-electron chi connectivity index (χ3n) is 14.3. The predicted molar refractivity (Wildman–Crippen MR) is 153 cm³/mol. The first-order chi connectivity index (χ1) is 18.0. The summed E-state index contributed by atoms with van der Waals surface area (Å²) in [6.07, 6.45) is 15.2. The van der Waals surface area contributed by atoms with E-state index < -0.39 is 0 Å². The average Bonchev–Trinajstić information content (AvgIpc) is 3.30. The van der Waals surface area contributed by atoms with Crippen LogP contribution in [0, 0.1) is 93.7 Å². The molecular weight excluding hydrogens is 464 g/mol. The molecule has 0 aromatic rings. The lowest BCUT2D eigenvalue weighted by atomic mass is 9.40. The highest BCUT2D eigenvalue weighted by Gasteiger charge is 2.65. The molecule has 0 aromatic heterocycles. The number of Topliss-reactive ketones (excluding diaryl/α,β-unsaturated/α-hetero) is 2. The largest absolute Gasteiger partial charge is 0.299 e. The maximum absolute atomic E-state index is 13.9. The fourth-order valence-electron chi connectivity index (χ4n) is 13.6. The molecule has 2 heteroatoms. The number of hydrogen-bond donors (Lipinski definition) is 0. The van der Waals surface area contributed by atoms with Crippen LogP contribution in [-0.2, 0) is 9.59 Å². The molecule has 0 radical (unpaired) electrons. The molecule has 7 saturated carbocycles. The third-order valence-corrected chi connectivity index (χ3v) is 14.3. The summed E-state index contributed by atoms with van der Waals surface area (Å²) in [6, 6.07) is 0. The minimum Gasteiger partial charge on any atom is -0.299 e. The van der Waals surface area contributed by atoms with Gasteiger partial charge in [0.2, 0.25) is 0 Å². The monoisotopic (exact) mass is 520 g/mol. The number of rotatable bonds is 0. The van der Waals surface area contributed by atoms with Crippen molar-refractivity contribution in [2.45, 2.75) is 119 Å². The van der Waals surface area contributed by atoms with E-state index >= 15 is 0 Å². The molecule has 0 bridgehead atoms. The van der Waals surface area contributed by atoms with Crippen molar-refractivity contribution in [3.05, 3.63) is 0 Å². The highest BCUT2D eigenvalue weighted by atomic mass is 16.1. The van der Waals surface area contributed by atoms with Crippen molar-refractivity contribution in [1.29, 1.82) is 0 Å². The zero-order valence-corrected chi connectivity index (χ0v) is 25.4. The van der Waals surface area contributed by atoms with Crippen LogP contribution in [0.5, 0.6) is 0 Å². The van der Waals surface area contributed by atoms with Crippen molar-refractivity contribution < 1.29 is 9.59 Å². The molecule has 0 aliphatic heterocycles. The van der Waals surface area contributed by atoms with Crippen molar-refractivity contribution in [3.8, 4) is 0 Å². The Labute approximate surface area is 233 Å². The quantitative estimate of drug-likeness (QED) is 0.320. The summed E-state index contributed by atoms with van der Waals surface area (Å²) < 4.78 is 0. The van der Waals surface area contributed by atoms with Crippen molar-refractivity contribution in [1.82, 2.24) is 0 Å². The van der Waals surface area contributed by atoms with E-state index in [-0.39, 0.29) is 10.8 Å². The highest BCUT2D eigenvalue weighted by Crippen LogP contribution is 2.69. The lowest BCUT2D eigenvalue weighted by Crippen LogP contribution is -2.59. The third kappa shape index (κ3) is 3.76. The molecule has 0 amide bonds. The second-order valence-corrected chi connectivity index (χ2v) is 17.8. The van der Waals surface area contributed by atoms with E-state index in [4.69, 9.17) is 0 Å². The molecule has 14 atom stereocenters. The first kappa shape index (κ1) is 26.3. The van der Waals surface area contributed by atoms with Gasteiger partial charge >= 0.3 is 0 Å². The smallest absolute Gasteiger partial charge is 0.139 e. The van der Waals surface area contributed by atoms with E-state index in [9.17, 15) is 9.59 Å². The predicted octanol–water partition coefficient (Wildman–Crippen LogP) is 8.62. The van der Waals surface area contributed by atoms with Gasteiger partial charge in [0, 0.05) is 23.7 Å². The Bertz CT molecular complexity index is 887. The van der Waals surface area contributed by atoms with Gasteiger partial charge in [0.25, 0.3) is 0 Å². The van der Waals surface area contributed by atoms with Crippen LogP contribution in [0.3, 0.4) is 0 Å². The SMILES string of the molecule is CC(C)(C)C1C2CC3C(=O)C4CCCCC4C3CC2C(C(C)(C)C)C2CC3C(=O)C4CCCCC4C3CC21. The van der Waals surface area contributed by atoms with Gasteiger partial charge in [-0.15, -0.1) is 0 Å². The Morgan fingerprint density at radius 1 is 0.421 bits per heavy atom. The van der Waals surface area contributed by atoms with Gasteiger partial charge in [0.15, 0.2) is 0 Å². The molecule has 0 spiro atoms. The van der Waals surface area contributed by atoms with E-state index in [1.54, 1.807) is 0 Å². The van der Waals surface area contributed by atoms with E-state index in [2.05, 4.69) is 41.5 Å². The van der Waals surface area contributed by atoms with Crippen molar-refractivity contribution >= 4 is 11.6 Å². The van der Waals surface area contributed by atoms with Gasteiger partial charge in [-0.25, -0.2) is 0 Å². The summed E-state index contributed by atoms with van der Waals surface area (Å²) in [7, 11) is 0. The van der Waals surface area contributed by atoms with E-state index in [1.165, 1.54) is 77.0 Å². The summed E-state index contributed by atoms with van der Waals surface area (Å²) >= 11 is 0. The Kier molecular flexibility index (Phi) is 6.16. The number of carbonyl (C=O) groups is 2. The minimum absolute atomic E-state index is 0.261. The van der Waals surface area contributed by atoms with Gasteiger partial charge in [0.05, 0.1) is 0 Å². The van der Waals surface area contributed by atoms with Gasteiger partial charge in [-0.2, -0.15) is 0 Å². The van der Waals surface area contributed by atoms with Crippen LogP contribution in [0.25, 0.3) is 0 Å². The Hall–Kier alpha value is -0.660. The van der Waals surface area contributed by atoms with Gasteiger partial charge in [0.1, 0.15) is 11.6 Å². The van der Waals surface area contributed by atoms with Crippen molar-refractivity contribution in [3.63, 3.8) is 0 Å². The van der Waals surface area contributed by atoms with Crippen LogP contribution in [0.15, 0.2) is 0 Å². The molecule has 0 aromatic carbocycles. The number of ketones is 2. The van der Waals surface area contributed by atoms with Crippen molar-refractivity contribution in [2.24, 2.45) is 93.7 Å². The molecule has 0 saturated heterocycles. The van der Waals surface area contributed by atoms with Crippen LogP contribution < -0.4 is 0 Å². The topological polar surface area (TPSA) is 34.1 Å². The molecule has 38 heavy (non-hydrogen) atoms. The maximum Gasteiger partial charge on any atom is 0.139 e. The minimum atomic E-state index is 0.261. The fourth-order valence-corrected chi connectivity index (χ4v) is 13.6.